The lowest BCUT2D eigenvalue weighted by molar-refractivity contribution is -0.0195. The summed E-state index contributed by atoms with van der Waals surface area (Å²) >= 11 is 0. The van der Waals surface area contributed by atoms with Gasteiger partial charge in [0.1, 0.15) is 11.5 Å². The molecule has 0 spiro atoms. The number of aryl methyl sites for hydroxylation is 1. The summed E-state index contributed by atoms with van der Waals surface area (Å²) in [5.41, 5.74) is 1.37. The molecule has 0 saturated carbocycles. The van der Waals surface area contributed by atoms with Gasteiger partial charge in [0.15, 0.2) is 0 Å². The van der Waals surface area contributed by atoms with Crippen molar-refractivity contribution in [2.24, 2.45) is 0 Å². The minimum atomic E-state index is -1.98. The second kappa shape index (κ2) is 5.65. The molecule has 0 aromatic heterocycles. The van der Waals surface area contributed by atoms with E-state index in [0.717, 1.165) is 5.56 Å². The van der Waals surface area contributed by atoms with E-state index < -0.39 is 12.1 Å². The standard InChI is InChI=1S/C15H14O4/c1-10-2-6-12(7-3-10)19-13-8-4-11(5-9-13)14(16)15(17)18/h2-9,15,17-18H,1H3. The summed E-state index contributed by atoms with van der Waals surface area (Å²) < 4.78 is 5.59. The van der Waals surface area contributed by atoms with Crippen molar-refractivity contribution in [3.05, 3.63) is 59.7 Å². The Kier molecular flexibility index (Phi) is 3.94. The zero-order chi connectivity index (χ0) is 13.8. The van der Waals surface area contributed by atoms with Crippen molar-refractivity contribution in [2.45, 2.75) is 13.2 Å². The summed E-state index contributed by atoms with van der Waals surface area (Å²) in [6, 6.07) is 13.8. The number of carbonyl (C=O) groups is 1. The van der Waals surface area contributed by atoms with Crippen LogP contribution in [0.25, 0.3) is 0 Å². The van der Waals surface area contributed by atoms with E-state index in [0.29, 0.717) is 11.5 Å². The molecule has 2 rings (SSSR count). The van der Waals surface area contributed by atoms with E-state index in [-0.39, 0.29) is 5.56 Å². The van der Waals surface area contributed by atoms with Gasteiger partial charge in [-0.2, -0.15) is 0 Å². The van der Waals surface area contributed by atoms with Gasteiger partial charge in [-0.05, 0) is 43.3 Å². The van der Waals surface area contributed by atoms with Crippen LogP contribution in [0, 0.1) is 6.92 Å². The molecule has 0 fully saturated rings. The van der Waals surface area contributed by atoms with Crippen molar-refractivity contribution in [3.63, 3.8) is 0 Å². The molecule has 0 unspecified atom stereocenters. The van der Waals surface area contributed by atoms with Crippen LogP contribution in [-0.2, 0) is 0 Å². The molecule has 0 heterocycles. The molecule has 98 valence electrons. The van der Waals surface area contributed by atoms with Gasteiger partial charge in [-0.15, -0.1) is 0 Å². The Bertz CT molecular complexity index is 556. The van der Waals surface area contributed by atoms with Gasteiger partial charge in [0, 0.05) is 5.56 Å². The maximum Gasteiger partial charge on any atom is 0.218 e. The summed E-state index contributed by atoms with van der Waals surface area (Å²) in [6.45, 7) is 1.99. The highest BCUT2D eigenvalue weighted by Gasteiger charge is 2.13. The Morgan fingerprint density at radius 2 is 1.42 bits per heavy atom. The van der Waals surface area contributed by atoms with Crippen LogP contribution in [0.1, 0.15) is 15.9 Å². The Labute approximate surface area is 110 Å². The smallest absolute Gasteiger partial charge is 0.218 e. The monoisotopic (exact) mass is 258 g/mol. The van der Waals surface area contributed by atoms with Gasteiger partial charge in [-0.1, -0.05) is 17.7 Å². The van der Waals surface area contributed by atoms with Crippen molar-refractivity contribution in [2.75, 3.05) is 0 Å². The molecule has 0 bridgehead atoms. The fourth-order valence-electron chi connectivity index (χ4n) is 1.58. The Balaban J connectivity index is 2.10. The van der Waals surface area contributed by atoms with Gasteiger partial charge >= 0.3 is 0 Å². The van der Waals surface area contributed by atoms with Gasteiger partial charge in [0.25, 0.3) is 0 Å². The number of aliphatic hydroxyl groups excluding tert-OH is 1. The van der Waals surface area contributed by atoms with Crippen LogP contribution in [0.5, 0.6) is 11.5 Å². The molecule has 0 aliphatic carbocycles. The fourth-order valence-corrected chi connectivity index (χ4v) is 1.58. The highest BCUT2D eigenvalue weighted by molar-refractivity contribution is 5.98. The lowest BCUT2D eigenvalue weighted by Crippen LogP contribution is -2.19. The van der Waals surface area contributed by atoms with E-state index >= 15 is 0 Å². The number of aliphatic hydroxyl groups is 2. The quantitative estimate of drug-likeness (QED) is 0.652. The molecule has 0 saturated heterocycles. The molecule has 2 aromatic carbocycles. The molecule has 0 aliphatic heterocycles. The second-order valence-electron chi connectivity index (χ2n) is 4.18. The van der Waals surface area contributed by atoms with Gasteiger partial charge < -0.3 is 14.9 Å². The molecule has 0 amide bonds. The molecule has 4 heteroatoms. The molecule has 19 heavy (non-hydrogen) atoms. The van der Waals surface area contributed by atoms with Crippen molar-refractivity contribution in [3.8, 4) is 11.5 Å². The molecular formula is C15H14O4. The first-order valence-electron chi connectivity index (χ1n) is 5.81. The zero-order valence-corrected chi connectivity index (χ0v) is 10.4. The summed E-state index contributed by atoms with van der Waals surface area (Å²) in [5, 5.41) is 17.6. The van der Waals surface area contributed by atoms with Crippen LogP contribution in [-0.4, -0.2) is 22.3 Å². The van der Waals surface area contributed by atoms with Crippen molar-refractivity contribution < 1.29 is 19.7 Å². The lowest BCUT2D eigenvalue weighted by atomic mass is 10.1. The van der Waals surface area contributed by atoms with Crippen molar-refractivity contribution in [1.82, 2.24) is 0 Å². The maximum absolute atomic E-state index is 11.3. The molecule has 0 radical (unpaired) electrons. The van der Waals surface area contributed by atoms with E-state index in [2.05, 4.69) is 0 Å². The third kappa shape index (κ3) is 3.40. The largest absolute Gasteiger partial charge is 0.457 e. The summed E-state index contributed by atoms with van der Waals surface area (Å²) in [5.74, 6) is 0.543. The Morgan fingerprint density at radius 1 is 0.947 bits per heavy atom. The highest BCUT2D eigenvalue weighted by Crippen LogP contribution is 2.22. The number of hydrogen-bond donors (Lipinski definition) is 2. The number of hydrogen-bond acceptors (Lipinski definition) is 4. The van der Waals surface area contributed by atoms with E-state index in [1.807, 2.05) is 31.2 Å². The van der Waals surface area contributed by atoms with Gasteiger partial charge in [0.05, 0.1) is 0 Å². The van der Waals surface area contributed by atoms with E-state index in [4.69, 9.17) is 14.9 Å². The number of ether oxygens (including phenoxy) is 1. The third-order valence-electron chi connectivity index (χ3n) is 2.63. The minimum absolute atomic E-state index is 0.228. The van der Waals surface area contributed by atoms with E-state index in [1.54, 1.807) is 12.1 Å². The number of Topliss-reactive ketones (excluding diaryl/α,β-unsaturated/α-hetero) is 1. The number of rotatable bonds is 4. The third-order valence-corrected chi connectivity index (χ3v) is 2.63. The topological polar surface area (TPSA) is 66.8 Å². The summed E-state index contributed by atoms with van der Waals surface area (Å²) in [6.07, 6.45) is -1.98. The maximum atomic E-state index is 11.3. The molecule has 2 N–H and O–H groups in total. The molecule has 0 aliphatic rings. The number of ketones is 1. The zero-order valence-electron chi connectivity index (χ0n) is 10.4. The predicted molar refractivity (Wildman–Crippen MR) is 70.3 cm³/mol. The first-order valence-corrected chi connectivity index (χ1v) is 5.81. The summed E-state index contributed by atoms with van der Waals surface area (Å²) in [4.78, 5) is 11.3. The van der Waals surface area contributed by atoms with Crippen LogP contribution >= 0.6 is 0 Å². The Morgan fingerprint density at radius 3 is 1.89 bits per heavy atom. The second-order valence-corrected chi connectivity index (χ2v) is 4.18. The van der Waals surface area contributed by atoms with Gasteiger partial charge in [-0.25, -0.2) is 0 Å². The molecule has 2 aromatic rings. The predicted octanol–water partition coefficient (Wildman–Crippen LogP) is 2.28. The minimum Gasteiger partial charge on any atom is -0.457 e. The van der Waals surface area contributed by atoms with Gasteiger partial charge in [0.2, 0.25) is 12.1 Å². The number of benzene rings is 2. The normalized spacial score (nSPS) is 10.5. The van der Waals surface area contributed by atoms with E-state index in [1.165, 1.54) is 12.1 Å². The Hall–Kier alpha value is -2.17. The SMILES string of the molecule is Cc1ccc(Oc2ccc(C(=O)C(O)O)cc2)cc1. The fraction of sp³-hybridized carbons (Fsp3) is 0.133. The van der Waals surface area contributed by atoms with Gasteiger partial charge in [-0.3, -0.25) is 4.79 Å². The van der Waals surface area contributed by atoms with Crippen LogP contribution in [0.3, 0.4) is 0 Å². The summed E-state index contributed by atoms with van der Waals surface area (Å²) in [7, 11) is 0. The van der Waals surface area contributed by atoms with Crippen LogP contribution < -0.4 is 4.74 Å². The van der Waals surface area contributed by atoms with Crippen LogP contribution in [0.15, 0.2) is 48.5 Å². The molecular weight excluding hydrogens is 244 g/mol. The molecule has 0 atom stereocenters. The van der Waals surface area contributed by atoms with E-state index in [9.17, 15) is 4.79 Å². The first-order chi connectivity index (χ1) is 9.06. The molecule has 4 nitrogen and oxygen atoms in total. The highest BCUT2D eigenvalue weighted by atomic mass is 16.5. The van der Waals surface area contributed by atoms with Crippen LogP contribution in [0.4, 0.5) is 0 Å². The van der Waals surface area contributed by atoms with Crippen molar-refractivity contribution >= 4 is 5.78 Å². The van der Waals surface area contributed by atoms with Crippen LogP contribution in [0.2, 0.25) is 0 Å². The van der Waals surface area contributed by atoms with Crippen molar-refractivity contribution in [1.29, 1.82) is 0 Å². The first kappa shape index (κ1) is 13.3. The average molecular weight is 258 g/mol. The lowest BCUT2D eigenvalue weighted by Gasteiger charge is -2.07. The average Bonchev–Trinajstić information content (AvgIpc) is 2.41. The number of carbonyl (C=O) groups excluding carboxylic acids is 1.